The van der Waals surface area contributed by atoms with Crippen LogP contribution in [0.2, 0.25) is 0 Å². The molecule has 0 spiro atoms. The summed E-state index contributed by atoms with van der Waals surface area (Å²) in [5.41, 5.74) is 2.29. The summed E-state index contributed by atoms with van der Waals surface area (Å²) in [6, 6.07) is 12.8. The van der Waals surface area contributed by atoms with Gasteiger partial charge in [-0.05, 0) is 54.5 Å². The number of carbonyl (C=O) groups is 1. The van der Waals surface area contributed by atoms with Crippen LogP contribution < -0.4 is 10.1 Å². The lowest BCUT2D eigenvalue weighted by Crippen LogP contribution is -2.15. The Morgan fingerprint density at radius 3 is 2.46 bits per heavy atom. The first-order chi connectivity index (χ1) is 13.2. The second kappa shape index (κ2) is 9.35. The summed E-state index contributed by atoms with van der Waals surface area (Å²) in [5.74, 6) is 0.501. The Labute approximate surface area is 166 Å². The molecular weight excluding hydrogens is 356 g/mol. The van der Waals surface area contributed by atoms with E-state index in [0.29, 0.717) is 13.0 Å². The molecule has 0 aliphatic carbocycles. The highest BCUT2D eigenvalue weighted by Crippen LogP contribution is 2.28. The summed E-state index contributed by atoms with van der Waals surface area (Å²) in [6.45, 7) is 8.76. The van der Waals surface area contributed by atoms with E-state index in [-0.39, 0.29) is 29.1 Å². The summed E-state index contributed by atoms with van der Waals surface area (Å²) in [5, 5.41) is 13.7. The molecular formula is C22H28N2O4. The van der Waals surface area contributed by atoms with E-state index in [9.17, 15) is 14.9 Å². The first-order valence-corrected chi connectivity index (χ1v) is 9.51. The van der Waals surface area contributed by atoms with Gasteiger partial charge in [-0.3, -0.25) is 14.9 Å². The predicted octanol–water partition coefficient (Wildman–Crippen LogP) is 5.39. The van der Waals surface area contributed by atoms with E-state index >= 15 is 0 Å². The summed E-state index contributed by atoms with van der Waals surface area (Å²) in [7, 11) is 0. The third kappa shape index (κ3) is 5.81. The Hall–Kier alpha value is -2.89. The molecule has 1 N–H and O–H groups in total. The largest absolute Gasteiger partial charge is 0.494 e. The van der Waals surface area contributed by atoms with Crippen molar-refractivity contribution in [2.24, 2.45) is 0 Å². The number of amides is 1. The summed E-state index contributed by atoms with van der Waals surface area (Å²) in [4.78, 5) is 22.7. The zero-order valence-electron chi connectivity index (χ0n) is 17.0. The highest BCUT2D eigenvalue weighted by atomic mass is 16.6. The summed E-state index contributed by atoms with van der Waals surface area (Å²) >= 11 is 0. The van der Waals surface area contributed by atoms with E-state index in [1.165, 1.54) is 11.6 Å². The SMILES string of the molecule is CCC(C)(C)c1ccc(OCCCC(=O)Nc2ccc(C)cc2[N+](=O)[O-])cc1. The number of hydrogen-bond acceptors (Lipinski definition) is 4. The Kier molecular flexibility index (Phi) is 7.15. The molecule has 0 aliphatic rings. The standard InChI is InChI=1S/C22H28N2O4/c1-5-22(3,4)17-9-11-18(12-10-17)28-14-6-7-21(25)23-19-13-8-16(2)15-20(19)24(26)27/h8-13,15H,5-7,14H2,1-4H3,(H,23,25). The van der Waals surface area contributed by atoms with Crippen LogP contribution in [0.1, 0.15) is 51.2 Å². The predicted molar refractivity (Wildman–Crippen MR) is 111 cm³/mol. The Bertz CT molecular complexity index is 829. The molecule has 2 rings (SSSR count). The Balaban J connectivity index is 1.81. The summed E-state index contributed by atoms with van der Waals surface area (Å²) < 4.78 is 5.70. The molecule has 2 aromatic carbocycles. The minimum absolute atomic E-state index is 0.0975. The van der Waals surface area contributed by atoms with Crippen LogP contribution in [0.5, 0.6) is 5.75 Å². The molecule has 0 unspecified atom stereocenters. The van der Waals surface area contributed by atoms with Crippen LogP contribution in [-0.2, 0) is 10.2 Å². The van der Waals surface area contributed by atoms with Gasteiger partial charge in [0.1, 0.15) is 11.4 Å². The van der Waals surface area contributed by atoms with Gasteiger partial charge in [-0.2, -0.15) is 0 Å². The molecule has 0 bridgehead atoms. The maximum absolute atomic E-state index is 12.1. The van der Waals surface area contributed by atoms with Gasteiger partial charge in [-0.15, -0.1) is 0 Å². The van der Waals surface area contributed by atoms with Gasteiger partial charge in [0, 0.05) is 12.5 Å². The lowest BCUT2D eigenvalue weighted by molar-refractivity contribution is -0.384. The van der Waals surface area contributed by atoms with Gasteiger partial charge >= 0.3 is 0 Å². The number of nitro benzene ring substituents is 1. The molecule has 6 heteroatoms. The van der Waals surface area contributed by atoms with Crippen molar-refractivity contribution in [1.82, 2.24) is 0 Å². The lowest BCUT2D eigenvalue weighted by atomic mass is 9.82. The molecule has 150 valence electrons. The van der Waals surface area contributed by atoms with Crippen molar-refractivity contribution in [2.75, 3.05) is 11.9 Å². The van der Waals surface area contributed by atoms with E-state index in [4.69, 9.17) is 4.74 Å². The second-order valence-corrected chi connectivity index (χ2v) is 7.54. The van der Waals surface area contributed by atoms with Crippen LogP contribution in [0, 0.1) is 17.0 Å². The molecule has 0 atom stereocenters. The molecule has 0 fully saturated rings. The number of ether oxygens (including phenoxy) is 1. The van der Waals surface area contributed by atoms with Crippen molar-refractivity contribution in [2.45, 2.75) is 52.4 Å². The van der Waals surface area contributed by atoms with Crippen LogP contribution in [0.3, 0.4) is 0 Å². The molecule has 6 nitrogen and oxygen atoms in total. The zero-order chi connectivity index (χ0) is 20.7. The van der Waals surface area contributed by atoms with Crippen molar-refractivity contribution in [3.05, 3.63) is 63.7 Å². The molecule has 0 saturated carbocycles. The second-order valence-electron chi connectivity index (χ2n) is 7.54. The number of aryl methyl sites for hydroxylation is 1. The quantitative estimate of drug-likeness (QED) is 0.357. The molecule has 0 heterocycles. The number of rotatable bonds is 9. The van der Waals surface area contributed by atoms with Crippen molar-refractivity contribution in [3.63, 3.8) is 0 Å². The van der Waals surface area contributed by atoms with Crippen LogP contribution in [0.25, 0.3) is 0 Å². The topological polar surface area (TPSA) is 81.5 Å². The number of hydrogen-bond donors (Lipinski definition) is 1. The van der Waals surface area contributed by atoms with Gasteiger partial charge in [-0.1, -0.05) is 39.0 Å². The van der Waals surface area contributed by atoms with Crippen LogP contribution in [0.4, 0.5) is 11.4 Å². The van der Waals surface area contributed by atoms with Crippen LogP contribution in [0.15, 0.2) is 42.5 Å². The Morgan fingerprint density at radius 1 is 1.18 bits per heavy atom. The molecule has 0 saturated heterocycles. The average Bonchev–Trinajstić information content (AvgIpc) is 2.67. The molecule has 2 aromatic rings. The summed E-state index contributed by atoms with van der Waals surface area (Å²) in [6.07, 6.45) is 1.81. The minimum atomic E-state index is -0.491. The van der Waals surface area contributed by atoms with Crippen molar-refractivity contribution >= 4 is 17.3 Å². The van der Waals surface area contributed by atoms with Crippen molar-refractivity contribution in [1.29, 1.82) is 0 Å². The maximum atomic E-state index is 12.1. The Morgan fingerprint density at radius 2 is 1.86 bits per heavy atom. The zero-order valence-corrected chi connectivity index (χ0v) is 17.0. The minimum Gasteiger partial charge on any atom is -0.494 e. The van der Waals surface area contributed by atoms with Crippen molar-refractivity contribution in [3.8, 4) is 5.75 Å². The third-order valence-electron chi connectivity index (χ3n) is 4.96. The first kappa shape index (κ1) is 21.4. The number of benzene rings is 2. The fourth-order valence-electron chi connectivity index (χ4n) is 2.74. The first-order valence-electron chi connectivity index (χ1n) is 9.51. The van der Waals surface area contributed by atoms with Gasteiger partial charge < -0.3 is 10.1 Å². The van der Waals surface area contributed by atoms with Crippen LogP contribution >= 0.6 is 0 Å². The average molecular weight is 384 g/mol. The molecule has 0 radical (unpaired) electrons. The normalized spacial score (nSPS) is 11.1. The number of carbonyl (C=O) groups excluding carboxylic acids is 1. The maximum Gasteiger partial charge on any atom is 0.293 e. The van der Waals surface area contributed by atoms with E-state index in [1.807, 2.05) is 12.1 Å². The van der Waals surface area contributed by atoms with Gasteiger partial charge in [-0.25, -0.2) is 0 Å². The van der Waals surface area contributed by atoms with Gasteiger partial charge in [0.05, 0.1) is 11.5 Å². The lowest BCUT2D eigenvalue weighted by Gasteiger charge is -2.23. The number of nitrogens with zero attached hydrogens (tertiary/aromatic N) is 1. The monoisotopic (exact) mass is 384 g/mol. The third-order valence-corrected chi connectivity index (χ3v) is 4.96. The fourth-order valence-corrected chi connectivity index (χ4v) is 2.74. The van der Waals surface area contributed by atoms with Gasteiger partial charge in [0.2, 0.25) is 5.91 Å². The number of nitro groups is 1. The fraction of sp³-hybridized carbons (Fsp3) is 0.409. The van der Waals surface area contributed by atoms with Gasteiger partial charge in [0.25, 0.3) is 5.69 Å². The number of nitrogens with one attached hydrogen (secondary N) is 1. The highest BCUT2D eigenvalue weighted by molar-refractivity contribution is 5.93. The molecule has 1 amide bonds. The van der Waals surface area contributed by atoms with Crippen LogP contribution in [-0.4, -0.2) is 17.4 Å². The molecule has 28 heavy (non-hydrogen) atoms. The molecule has 0 aliphatic heterocycles. The van der Waals surface area contributed by atoms with Crippen molar-refractivity contribution < 1.29 is 14.5 Å². The van der Waals surface area contributed by atoms with E-state index in [0.717, 1.165) is 17.7 Å². The number of anilines is 1. The van der Waals surface area contributed by atoms with E-state index < -0.39 is 4.92 Å². The van der Waals surface area contributed by atoms with Gasteiger partial charge in [0.15, 0.2) is 0 Å². The van der Waals surface area contributed by atoms with E-state index in [2.05, 4.69) is 38.2 Å². The van der Waals surface area contributed by atoms with E-state index in [1.54, 1.807) is 19.1 Å². The molecule has 0 aromatic heterocycles. The smallest absolute Gasteiger partial charge is 0.293 e. The highest BCUT2D eigenvalue weighted by Gasteiger charge is 2.18.